The van der Waals surface area contributed by atoms with Gasteiger partial charge in [0.25, 0.3) is 6.09 Å². The highest BCUT2D eigenvalue weighted by molar-refractivity contribution is 9.10. The fourth-order valence-corrected chi connectivity index (χ4v) is 9.47. The van der Waals surface area contributed by atoms with Gasteiger partial charge in [-0.3, -0.25) is 9.38 Å². The lowest BCUT2D eigenvalue weighted by atomic mass is 9.76. The molecule has 2 unspecified atom stereocenters. The zero-order valence-corrected chi connectivity index (χ0v) is 28.8. The molecule has 46 heavy (non-hydrogen) atoms. The van der Waals surface area contributed by atoms with Crippen LogP contribution in [0.5, 0.6) is 0 Å². The van der Waals surface area contributed by atoms with E-state index in [9.17, 15) is 19.5 Å². The molecule has 3 saturated heterocycles. The number of carboxylic acid groups (broad SMARTS) is 1. The Bertz CT molecular complexity index is 1440. The highest BCUT2D eigenvalue weighted by Crippen LogP contribution is 2.46. The summed E-state index contributed by atoms with van der Waals surface area (Å²) in [5.74, 6) is 1.29. The summed E-state index contributed by atoms with van der Waals surface area (Å²) < 4.78 is 0.587. The van der Waals surface area contributed by atoms with E-state index < -0.39 is 11.8 Å². The molecule has 0 aromatic heterocycles. The van der Waals surface area contributed by atoms with Crippen molar-refractivity contribution in [2.45, 2.75) is 76.5 Å². The molecule has 2 aromatic rings. The van der Waals surface area contributed by atoms with E-state index in [0.717, 1.165) is 72.2 Å². The number of halogens is 1. The van der Waals surface area contributed by atoms with Crippen molar-refractivity contribution in [1.29, 1.82) is 0 Å². The summed E-state index contributed by atoms with van der Waals surface area (Å²) in [5, 5.41) is 16.8. The number of nitrogens with one attached hydrogen (secondary N) is 1. The van der Waals surface area contributed by atoms with E-state index in [1.165, 1.54) is 12.8 Å². The fraction of sp³-hybridized carbons (Fsp3) is 0.583. The maximum absolute atomic E-state index is 13.7. The van der Waals surface area contributed by atoms with Crippen LogP contribution < -0.4 is 10.4 Å². The molecule has 0 spiro atoms. The lowest BCUT2D eigenvalue weighted by Gasteiger charge is -2.62. The minimum Gasteiger partial charge on any atom is -0.498 e. The molecule has 3 atom stereocenters. The van der Waals surface area contributed by atoms with Crippen molar-refractivity contribution in [1.82, 2.24) is 14.7 Å². The molecule has 4 heterocycles. The standard InChI is InChI=1S/C36H48BrN5O4/c1-26-7-8-27(23-32(26)37)25-42(35(45)46)21-14-31(41-20-13-30-5-3-4-6-33(30)38-34(41)44)24-36(42,15-22-43)40-18-11-29(12-19-40)28-9-16-39(2)17-10-28/h3-8,22-23,28-29,31H,9-21,24-25H2,1-2H3,(H-,38,44,45,46)/t31?,36?,42-/m0/s1. The van der Waals surface area contributed by atoms with Gasteiger partial charge in [0.2, 0.25) is 0 Å². The van der Waals surface area contributed by atoms with E-state index in [0.29, 0.717) is 37.6 Å². The van der Waals surface area contributed by atoms with Crippen LogP contribution in [0.2, 0.25) is 0 Å². The highest BCUT2D eigenvalue weighted by atomic mass is 79.9. The number of quaternary nitrogens is 1. The summed E-state index contributed by atoms with van der Waals surface area (Å²) in [4.78, 5) is 46.7. The Kier molecular flexibility index (Phi) is 9.90. The molecule has 10 heteroatoms. The quantitative estimate of drug-likeness (QED) is 0.324. The third-order valence-corrected chi connectivity index (χ3v) is 12.6. The van der Waals surface area contributed by atoms with Crippen LogP contribution in [0.25, 0.3) is 0 Å². The van der Waals surface area contributed by atoms with Gasteiger partial charge >= 0.3 is 6.03 Å². The van der Waals surface area contributed by atoms with Crippen molar-refractivity contribution in [2.75, 3.05) is 51.6 Å². The Morgan fingerprint density at radius 2 is 1.74 bits per heavy atom. The maximum Gasteiger partial charge on any atom is 0.322 e. The third-order valence-electron chi connectivity index (χ3n) is 11.8. The van der Waals surface area contributed by atoms with Gasteiger partial charge in [0.1, 0.15) is 12.8 Å². The van der Waals surface area contributed by atoms with Crippen LogP contribution in [-0.2, 0) is 17.8 Å². The number of para-hydroxylation sites is 1. The molecule has 0 bridgehead atoms. The first kappa shape index (κ1) is 33.1. The predicted molar refractivity (Wildman–Crippen MR) is 180 cm³/mol. The molecule has 4 aliphatic rings. The van der Waals surface area contributed by atoms with E-state index >= 15 is 0 Å². The highest BCUT2D eigenvalue weighted by Gasteiger charge is 2.61. The number of aryl methyl sites for hydroxylation is 1. The molecule has 9 nitrogen and oxygen atoms in total. The zero-order chi connectivity index (χ0) is 32.5. The van der Waals surface area contributed by atoms with Crippen molar-refractivity contribution in [3.8, 4) is 0 Å². The normalized spacial score (nSPS) is 28.7. The minimum absolute atomic E-state index is 0.0685. The Morgan fingerprint density at radius 1 is 1.04 bits per heavy atom. The van der Waals surface area contributed by atoms with Crippen LogP contribution >= 0.6 is 15.9 Å². The number of rotatable bonds is 7. The van der Waals surface area contributed by atoms with E-state index in [4.69, 9.17) is 0 Å². The Labute approximate surface area is 281 Å². The van der Waals surface area contributed by atoms with Crippen LogP contribution in [0.1, 0.15) is 61.6 Å². The molecule has 248 valence electrons. The second-order valence-electron chi connectivity index (χ2n) is 14.2. The molecule has 0 aliphatic carbocycles. The van der Waals surface area contributed by atoms with E-state index in [2.05, 4.69) is 38.1 Å². The number of nitrogens with zero attached hydrogens (tertiary/aromatic N) is 4. The van der Waals surface area contributed by atoms with Gasteiger partial charge in [-0.05, 0) is 94.3 Å². The number of aldehydes is 1. The number of benzene rings is 2. The summed E-state index contributed by atoms with van der Waals surface area (Å²) in [7, 11) is 2.19. The number of carbonyl (C=O) groups is 3. The van der Waals surface area contributed by atoms with Gasteiger partial charge in [0.05, 0.1) is 13.0 Å². The Morgan fingerprint density at radius 3 is 2.41 bits per heavy atom. The summed E-state index contributed by atoms with van der Waals surface area (Å²) in [6.45, 7) is 6.77. The van der Waals surface area contributed by atoms with Crippen LogP contribution in [0.3, 0.4) is 0 Å². The minimum atomic E-state index is -1.15. The van der Waals surface area contributed by atoms with E-state index in [1.807, 2.05) is 54.3 Å². The lowest BCUT2D eigenvalue weighted by Crippen LogP contribution is -2.80. The fourth-order valence-electron chi connectivity index (χ4n) is 9.04. The summed E-state index contributed by atoms with van der Waals surface area (Å²) >= 11 is 3.65. The van der Waals surface area contributed by atoms with E-state index in [1.54, 1.807) is 0 Å². The van der Waals surface area contributed by atoms with Crippen molar-refractivity contribution in [3.63, 3.8) is 0 Å². The van der Waals surface area contributed by atoms with Gasteiger partial charge in [0, 0.05) is 54.2 Å². The number of piperidine rings is 3. The number of carbonyl (C=O) groups excluding carboxylic acids is 3. The lowest BCUT2D eigenvalue weighted by molar-refractivity contribution is -0.956. The maximum atomic E-state index is 13.7. The number of likely N-dealkylation sites (tertiary alicyclic amines) is 3. The van der Waals surface area contributed by atoms with Crippen LogP contribution in [-0.4, -0.2) is 95.6 Å². The van der Waals surface area contributed by atoms with Crippen molar-refractivity contribution in [3.05, 3.63) is 63.6 Å². The number of anilines is 1. The largest absolute Gasteiger partial charge is 0.498 e. The number of urea groups is 1. The Hall–Kier alpha value is -2.79. The number of hydrogen-bond acceptors (Lipinski definition) is 6. The van der Waals surface area contributed by atoms with Gasteiger partial charge in [-0.1, -0.05) is 46.3 Å². The first-order valence-corrected chi connectivity index (χ1v) is 17.8. The zero-order valence-electron chi connectivity index (χ0n) is 27.3. The van der Waals surface area contributed by atoms with Gasteiger partial charge in [-0.15, -0.1) is 0 Å². The molecule has 6 rings (SSSR count). The molecular formula is C36H48BrN5O4. The van der Waals surface area contributed by atoms with Crippen LogP contribution in [0.4, 0.5) is 15.3 Å². The van der Waals surface area contributed by atoms with E-state index in [-0.39, 0.29) is 36.1 Å². The molecular weight excluding hydrogens is 646 g/mol. The first-order valence-electron chi connectivity index (χ1n) is 17.0. The monoisotopic (exact) mass is 693 g/mol. The number of hydrogen-bond donors (Lipinski definition) is 1. The average molecular weight is 695 g/mol. The second-order valence-corrected chi connectivity index (χ2v) is 15.0. The van der Waals surface area contributed by atoms with Gasteiger partial charge in [-0.2, -0.15) is 0 Å². The molecule has 1 N–H and O–H groups in total. The Balaban J connectivity index is 1.35. The molecule has 2 aromatic carbocycles. The van der Waals surface area contributed by atoms with Gasteiger partial charge < -0.3 is 29.8 Å². The molecule has 3 amide bonds. The van der Waals surface area contributed by atoms with Crippen LogP contribution in [0, 0.1) is 18.8 Å². The van der Waals surface area contributed by atoms with Crippen LogP contribution in [0.15, 0.2) is 46.9 Å². The topological polar surface area (TPSA) is 96.0 Å². The SMILES string of the molecule is Cc1ccc(C[N@+]2(C(=O)[O-])CCC(N3CCc4ccccc4NC3=O)CC2(CC=O)N2CCC(C3CCN(C)CC3)CC2)cc1Br. The second kappa shape index (κ2) is 13.7. The van der Waals surface area contributed by atoms with Gasteiger partial charge in [0.15, 0.2) is 5.66 Å². The van der Waals surface area contributed by atoms with Gasteiger partial charge in [-0.25, -0.2) is 4.79 Å². The molecule has 3 fully saturated rings. The molecule has 4 aliphatic heterocycles. The summed E-state index contributed by atoms with van der Waals surface area (Å²) in [5.41, 5.74) is 2.84. The number of amides is 3. The number of fused-ring (bicyclic) bond motifs is 1. The summed E-state index contributed by atoms with van der Waals surface area (Å²) in [6, 6.07) is 13.5. The predicted octanol–water partition coefficient (Wildman–Crippen LogP) is 5.01. The smallest absolute Gasteiger partial charge is 0.322 e. The first-order chi connectivity index (χ1) is 22.2. The average Bonchev–Trinajstić information content (AvgIpc) is 3.22. The van der Waals surface area contributed by atoms with Crippen molar-refractivity contribution >= 4 is 40.0 Å². The van der Waals surface area contributed by atoms with Crippen molar-refractivity contribution < 1.29 is 24.0 Å². The molecule has 0 saturated carbocycles. The molecule has 0 radical (unpaired) electrons. The summed E-state index contributed by atoms with van der Waals surface area (Å²) in [6.07, 6.45) is 5.84. The third kappa shape index (κ3) is 6.25. The van der Waals surface area contributed by atoms with Crippen molar-refractivity contribution in [2.24, 2.45) is 11.8 Å².